The summed E-state index contributed by atoms with van der Waals surface area (Å²) < 4.78 is 2.41. The SMILES string of the molecule is CCn1c(C2(CC)CCNC2)nc2cc(C)ccc21. The zero-order chi connectivity index (χ0) is 13.5. The van der Waals surface area contributed by atoms with Gasteiger partial charge in [0.25, 0.3) is 0 Å². The summed E-state index contributed by atoms with van der Waals surface area (Å²) in [5, 5.41) is 3.52. The first kappa shape index (κ1) is 12.7. The van der Waals surface area contributed by atoms with Gasteiger partial charge in [0.1, 0.15) is 5.82 Å². The molecule has 0 bridgehead atoms. The number of rotatable bonds is 3. The normalized spacial score (nSPS) is 23.3. The van der Waals surface area contributed by atoms with Crippen molar-refractivity contribution >= 4 is 11.0 Å². The fraction of sp³-hybridized carbons (Fsp3) is 0.562. The van der Waals surface area contributed by atoms with E-state index in [-0.39, 0.29) is 5.41 Å². The third-order valence-corrected chi connectivity index (χ3v) is 4.61. The number of aromatic nitrogens is 2. The molecule has 3 rings (SSSR count). The Labute approximate surface area is 115 Å². The van der Waals surface area contributed by atoms with Crippen LogP contribution in [0.15, 0.2) is 18.2 Å². The zero-order valence-corrected chi connectivity index (χ0v) is 12.2. The van der Waals surface area contributed by atoms with Crippen LogP contribution < -0.4 is 5.32 Å². The van der Waals surface area contributed by atoms with Crippen LogP contribution in [0.25, 0.3) is 11.0 Å². The van der Waals surface area contributed by atoms with Crippen LogP contribution in [0.1, 0.15) is 38.1 Å². The van der Waals surface area contributed by atoms with Gasteiger partial charge in [-0.2, -0.15) is 0 Å². The molecule has 3 nitrogen and oxygen atoms in total. The summed E-state index contributed by atoms with van der Waals surface area (Å²) in [5.74, 6) is 1.28. The van der Waals surface area contributed by atoms with Crippen molar-refractivity contribution in [3.05, 3.63) is 29.6 Å². The molecule has 0 amide bonds. The van der Waals surface area contributed by atoms with Gasteiger partial charge in [0, 0.05) is 18.5 Å². The van der Waals surface area contributed by atoms with Gasteiger partial charge in [0.15, 0.2) is 0 Å². The molecule has 1 aliphatic rings. The first-order valence-corrected chi connectivity index (χ1v) is 7.38. The van der Waals surface area contributed by atoms with E-state index < -0.39 is 0 Å². The number of benzene rings is 1. The quantitative estimate of drug-likeness (QED) is 0.916. The van der Waals surface area contributed by atoms with E-state index in [4.69, 9.17) is 4.98 Å². The standard InChI is InChI=1S/C16H23N3/c1-4-16(8-9-17-11-16)15-18-13-10-12(3)6-7-14(13)19(15)5-2/h6-7,10,17H,4-5,8-9,11H2,1-3H3. The van der Waals surface area contributed by atoms with E-state index >= 15 is 0 Å². The van der Waals surface area contributed by atoms with Crippen LogP contribution in [0, 0.1) is 6.92 Å². The van der Waals surface area contributed by atoms with Crippen molar-refractivity contribution < 1.29 is 0 Å². The van der Waals surface area contributed by atoms with Gasteiger partial charge in [-0.3, -0.25) is 0 Å². The van der Waals surface area contributed by atoms with E-state index in [1.165, 1.54) is 23.3 Å². The predicted octanol–water partition coefficient (Wildman–Crippen LogP) is 3.01. The molecule has 2 heterocycles. The van der Waals surface area contributed by atoms with Crippen molar-refractivity contribution in [3.63, 3.8) is 0 Å². The summed E-state index contributed by atoms with van der Waals surface area (Å²) in [4.78, 5) is 4.99. The molecule has 3 heteroatoms. The minimum Gasteiger partial charge on any atom is -0.328 e. The van der Waals surface area contributed by atoms with Crippen molar-refractivity contribution in [2.75, 3.05) is 13.1 Å². The molecule has 1 unspecified atom stereocenters. The molecular weight excluding hydrogens is 234 g/mol. The van der Waals surface area contributed by atoms with E-state index in [1.54, 1.807) is 0 Å². The second-order valence-corrected chi connectivity index (χ2v) is 5.73. The van der Waals surface area contributed by atoms with Gasteiger partial charge in [0.2, 0.25) is 0 Å². The molecule has 0 spiro atoms. The maximum Gasteiger partial charge on any atom is 0.117 e. The fourth-order valence-electron chi connectivity index (χ4n) is 3.36. The number of imidazole rings is 1. The van der Waals surface area contributed by atoms with Crippen LogP contribution in [0.2, 0.25) is 0 Å². The summed E-state index contributed by atoms with van der Waals surface area (Å²) in [5.41, 5.74) is 3.94. The number of hydrogen-bond acceptors (Lipinski definition) is 2. The van der Waals surface area contributed by atoms with E-state index in [0.717, 1.165) is 31.6 Å². The summed E-state index contributed by atoms with van der Waals surface area (Å²) in [6.45, 7) is 9.81. The lowest BCUT2D eigenvalue weighted by Gasteiger charge is -2.26. The van der Waals surface area contributed by atoms with Gasteiger partial charge >= 0.3 is 0 Å². The fourth-order valence-corrected chi connectivity index (χ4v) is 3.36. The molecule has 1 aromatic heterocycles. The molecule has 1 fully saturated rings. The second kappa shape index (κ2) is 4.64. The van der Waals surface area contributed by atoms with Crippen LogP contribution in [0.4, 0.5) is 0 Å². The highest BCUT2D eigenvalue weighted by molar-refractivity contribution is 5.77. The Morgan fingerprint density at radius 3 is 2.84 bits per heavy atom. The smallest absolute Gasteiger partial charge is 0.117 e. The molecule has 1 N–H and O–H groups in total. The van der Waals surface area contributed by atoms with Crippen molar-refractivity contribution in [2.24, 2.45) is 0 Å². The van der Waals surface area contributed by atoms with E-state index in [9.17, 15) is 0 Å². The summed E-state index contributed by atoms with van der Waals surface area (Å²) in [7, 11) is 0. The Balaban J connectivity index is 2.22. The van der Waals surface area contributed by atoms with Gasteiger partial charge in [-0.25, -0.2) is 4.98 Å². The Hall–Kier alpha value is -1.35. The number of nitrogens with one attached hydrogen (secondary N) is 1. The molecule has 0 saturated carbocycles. The van der Waals surface area contributed by atoms with Gasteiger partial charge in [-0.05, 0) is 50.9 Å². The maximum absolute atomic E-state index is 4.99. The number of nitrogens with zero attached hydrogens (tertiary/aromatic N) is 2. The molecular formula is C16H23N3. The minimum absolute atomic E-state index is 0.225. The van der Waals surface area contributed by atoms with Gasteiger partial charge in [0.05, 0.1) is 11.0 Å². The van der Waals surface area contributed by atoms with Crippen LogP contribution in [0.3, 0.4) is 0 Å². The molecule has 19 heavy (non-hydrogen) atoms. The van der Waals surface area contributed by atoms with E-state index in [0.29, 0.717) is 0 Å². The van der Waals surface area contributed by atoms with Crippen LogP contribution >= 0.6 is 0 Å². The van der Waals surface area contributed by atoms with Crippen molar-refractivity contribution in [3.8, 4) is 0 Å². The van der Waals surface area contributed by atoms with Crippen LogP contribution in [-0.4, -0.2) is 22.6 Å². The predicted molar refractivity (Wildman–Crippen MR) is 79.6 cm³/mol. The molecule has 1 aromatic carbocycles. The second-order valence-electron chi connectivity index (χ2n) is 5.73. The number of fused-ring (bicyclic) bond motifs is 1. The molecule has 0 aliphatic carbocycles. The van der Waals surface area contributed by atoms with Crippen molar-refractivity contribution in [2.45, 2.75) is 45.6 Å². The summed E-state index contributed by atoms with van der Waals surface area (Å²) in [6, 6.07) is 6.61. The lowest BCUT2D eigenvalue weighted by Crippen LogP contribution is -2.31. The Kier molecular flexibility index (Phi) is 3.09. The van der Waals surface area contributed by atoms with Crippen molar-refractivity contribution in [1.29, 1.82) is 0 Å². The average molecular weight is 257 g/mol. The molecule has 1 aliphatic heterocycles. The molecule has 0 radical (unpaired) electrons. The molecule has 1 atom stereocenters. The summed E-state index contributed by atoms with van der Waals surface area (Å²) in [6.07, 6.45) is 2.36. The van der Waals surface area contributed by atoms with Gasteiger partial charge in [-0.1, -0.05) is 13.0 Å². The lowest BCUT2D eigenvalue weighted by molar-refractivity contribution is 0.408. The van der Waals surface area contributed by atoms with Gasteiger partial charge in [-0.15, -0.1) is 0 Å². The van der Waals surface area contributed by atoms with Crippen molar-refractivity contribution in [1.82, 2.24) is 14.9 Å². The molecule has 2 aromatic rings. The van der Waals surface area contributed by atoms with E-state index in [2.05, 4.69) is 48.9 Å². The highest BCUT2D eigenvalue weighted by Gasteiger charge is 2.38. The molecule has 102 valence electrons. The highest BCUT2D eigenvalue weighted by atomic mass is 15.1. The topological polar surface area (TPSA) is 29.9 Å². The Morgan fingerprint density at radius 2 is 2.21 bits per heavy atom. The van der Waals surface area contributed by atoms with Gasteiger partial charge < -0.3 is 9.88 Å². The third kappa shape index (κ3) is 1.88. The minimum atomic E-state index is 0.225. The maximum atomic E-state index is 4.99. The largest absolute Gasteiger partial charge is 0.328 e. The number of aryl methyl sites for hydroxylation is 2. The van der Waals surface area contributed by atoms with E-state index in [1.807, 2.05) is 0 Å². The summed E-state index contributed by atoms with van der Waals surface area (Å²) >= 11 is 0. The monoisotopic (exact) mass is 257 g/mol. The third-order valence-electron chi connectivity index (χ3n) is 4.61. The zero-order valence-electron chi connectivity index (χ0n) is 12.2. The number of hydrogen-bond donors (Lipinski definition) is 1. The Bertz CT molecular complexity index is 591. The van der Waals surface area contributed by atoms with Crippen LogP contribution in [-0.2, 0) is 12.0 Å². The Morgan fingerprint density at radius 1 is 1.37 bits per heavy atom. The first-order valence-electron chi connectivity index (χ1n) is 7.38. The average Bonchev–Trinajstić information content (AvgIpc) is 3.02. The first-order chi connectivity index (χ1) is 9.20. The van der Waals surface area contributed by atoms with Crippen LogP contribution in [0.5, 0.6) is 0 Å². The highest BCUT2D eigenvalue weighted by Crippen LogP contribution is 2.35. The lowest BCUT2D eigenvalue weighted by atomic mass is 9.83. The molecule has 1 saturated heterocycles.